The molecule has 0 heteroatoms. The lowest BCUT2D eigenvalue weighted by molar-refractivity contribution is 1.57. The van der Waals surface area contributed by atoms with Gasteiger partial charge in [-0.25, -0.2) is 0 Å². The van der Waals surface area contributed by atoms with Crippen LogP contribution in [0.5, 0.6) is 0 Å². The quantitative estimate of drug-likeness (QED) is 0.171. The second-order valence-corrected chi connectivity index (χ2v) is 12.5. The molecule has 0 saturated carbocycles. The Labute approximate surface area is 281 Å². The van der Waals surface area contributed by atoms with Crippen LogP contribution in [0.25, 0.3) is 88.0 Å². The second-order valence-electron chi connectivity index (χ2n) is 12.5. The van der Waals surface area contributed by atoms with E-state index in [1.165, 1.54) is 88.0 Å². The molecule has 0 aliphatic heterocycles. The van der Waals surface area contributed by atoms with Gasteiger partial charge in [-0.2, -0.15) is 0 Å². The fourth-order valence-corrected chi connectivity index (χ4v) is 7.24. The highest BCUT2D eigenvalue weighted by molar-refractivity contribution is 6.29. The SMILES string of the molecule is c1ccc(-c2ccc(-c3ccc(-c4ccc(-c5cc(-c6ccccc6)c6c7ccccc7c7ccccc7c6c5)cc4)cc3)cc2)cc1. The monoisotopic (exact) mass is 608 g/mol. The van der Waals surface area contributed by atoms with Crippen molar-refractivity contribution in [2.24, 2.45) is 0 Å². The van der Waals surface area contributed by atoms with E-state index >= 15 is 0 Å². The fourth-order valence-electron chi connectivity index (χ4n) is 7.24. The molecular weight excluding hydrogens is 577 g/mol. The molecule has 9 aromatic rings. The molecule has 48 heavy (non-hydrogen) atoms. The average molecular weight is 609 g/mol. The van der Waals surface area contributed by atoms with Gasteiger partial charge in [-0.3, -0.25) is 0 Å². The van der Waals surface area contributed by atoms with E-state index in [1.54, 1.807) is 0 Å². The first-order valence-electron chi connectivity index (χ1n) is 16.6. The third kappa shape index (κ3) is 4.96. The molecule has 9 aromatic carbocycles. The zero-order valence-electron chi connectivity index (χ0n) is 26.5. The molecule has 0 aromatic heterocycles. The number of hydrogen-bond acceptors (Lipinski definition) is 0. The molecule has 0 bridgehead atoms. The topological polar surface area (TPSA) is 0 Å². The minimum atomic E-state index is 1.21. The van der Waals surface area contributed by atoms with Crippen LogP contribution in [0, 0.1) is 0 Å². The summed E-state index contributed by atoms with van der Waals surface area (Å²) in [5, 5.41) is 7.77. The summed E-state index contributed by atoms with van der Waals surface area (Å²) in [5.74, 6) is 0. The van der Waals surface area contributed by atoms with Crippen LogP contribution in [0.4, 0.5) is 0 Å². The molecule has 9 rings (SSSR count). The van der Waals surface area contributed by atoms with Crippen LogP contribution >= 0.6 is 0 Å². The van der Waals surface area contributed by atoms with Gasteiger partial charge in [-0.05, 0) is 100 Å². The van der Waals surface area contributed by atoms with Crippen LogP contribution in [-0.4, -0.2) is 0 Å². The first-order valence-corrected chi connectivity index (χ1v) is 16.6. The lowest BCUT2D eigenvalue weighted by Gasteiger charge is -2.17. The van der Waals surface area contributed by atoms with Crippen LogP contribution in [0.3, 0.4) is 0 Å². The summed E-state index contributed by atoms with van der Waals surface area (Å²) in [6.45, 7) is 0. The summed E-state index contributed by atoms with van der Waals surface area (Å²) in [6.07, 6.45) is 0. The molecule has 0 heterocycles. The van der Waals surface area contributed by atoms with E-state index in [-0.39, 0.29) is 0 Å². The zero-order chi connectivity index (χ0) is 31.9. The number of fused-ring (bicyclic) bond motifs is 6. The standard InChI is InChI=1S/C48H32/c1-3-11-33(12-4-1)34-19-21-35(22-20-34)36-23-25-37(26-24-36)38-27-29-39(30-28-38)41-31-46(40-13-5-2-6-14-40)48-45-18-10-9-16-43(45)42-15-7-8-17-44(42)47(48)32-41/h1-32H. The maximum atomic E-state index is 2.39. The molecule has 0 saturated heterocycles. The summed E-state index contributed by atoms with van der Waals surface area (Å²) in [7, 11) is 0. The van der Waals surface area contributed by atoms with Gasteiger partial charge >= 0.3 is 0 Å². The lowest BCUT2D eigenvalue weighted by atomic mass is 9.87. The van der Waals surface area contributed by atoms with Gasteiger partial charge in [0.05, 0.1) is 0 Å². The predicted octanol–water partition coefficient (Wildman–Crippen LogP) is 13.5. The Morgan fingerprint density at radius 2 is 0.500 bits per heavy atom. The van der Waals surface area contributed by atoms with Crippen LogP contribution in [0.15, 0.2) is 194 Å². The van der Waals surface area contributed by atoms with Gasteiger partial charge in [0.15, 0.2) is 0 Å². The highest BCUT2D eigenvalue weighted by atomic mass is 14.2. The summed E-state index contributed by atoms with van der Waals surface area (Å²) in [6, 6.07) is 70.6. The summed E-state index contributed by atoms with van der Waals surface area (Å²) in [5.41, 5.74) is 12.3. The molecule has 0 unspecified atom stereocenters. The Hall–Kier alpha value is -6.24. The molecule has 0 atom stereocenters. The van der Waals surface area contributed by atoms with Crippen molar-refractivity contribution in [1.29, 1.82) is 0 Å². The second kappa shape index (κ2) is 11.8. The predicted molar refractivity (Wildman–Crippen MR) is 206 cm³/mol. The molecule has 0 aliphatic carbocycles. The third-order valence-corrected chi connectivity index (χ3v) is 9.69. The Kier molecular flexibility index (Phi) is 6.91. The molecule has 0 nitrogen and oxygen atoms in total. The van der Waals surface area contributed by atoms with Crippen LogP contribution in [0.2, 0.25) is 0 Å². The number of rotatable bonds is 5. The van der Waals surface area contributed by atoms with E-state index in [4.69, 9.17) is 0 Å². The van der Waals surface area contributed by atoms with Crippen molar-refractivity contribution in [2.45, 2.75) is 0 Å². The minimum absolute atomic E-state index is 1.21. The zero-order valence-corrected chi connectivity index (χ0v) is 26.5. The Balaban J connectivity index is 1.09. The Bertz CT molecular complexity index is 2540. The van der Waals surface area contributed by atoms with Gasteiger partial charge in [0.2, 0.25) is 0 Å². The largest absolute Gasteiger partial charge is 0.0622 e. The highest BCUT2D eigenvalue weighted by Crippen LogP contribution is 2.43. The Morgan fingerprint density at radius 1 is 0.188 bits per heavy atom. The Morgan fingerprint density at radius 3 is 0.958 bits per heavy atom. The number of hydrogen-bond donors (Lipinski definition) is 0. The van der Waals surface area contributed by atoms with Crippen LogP contribution in [0.1, 0.15) is 0 Å². The van der Waals surface area contributed by atoms with Crippen molar-refractivity contribution >= 4 is 32.3 Å². The van der Waals surface area contributed by atoms with Crippen molar-refractivity contribution in [2.75, 3.05) is 0 Å². The molecule has 0 spiro atoms. The normalized spacial score (nSPS) is 11.3. The highest BCUT2D eigenvalue weighted by Gasteiger charge is 2.15. The van der Waals surface area contributed by atoms with Crippen molar-refractivity contribution in [1.82, 2.24) is 0 Å². The molecule has 224 valence electrons. The van der Waals surface area contributed by atoms with E-state index in [0.29, 0.717) is 0 Å². The van der Waals surface area contributed by atoms with Crippen LogP contribution < -0.4 is 0 Å². The fraction of sp³-hybridized carbons (Fsp3) is 0. The molecule has 0 N–H and O–H groups in total. The summed E-state index contributed by atoms with van der Waals surface area (Å²) in [4.78, 5) is 0. The van der Waals surface area contributed by atoms with Gasteiger partial charge in [-0.15, -0.1) is 0 Å². The van der Waals surface area contributed by atoms with Gasteiger partial charge in [-0.1, -0.05) is 182 Å². The minimum Gasteiger partial charge on any atom is -0.0622 e. The van der Waals surface area contributed by atoms with Crippen molar-refractivity contribution in [3.05, 3.63) is 194 Å². The summed E-state index contributed by atoms with van der Waals surface area (Å²) < 4.78 is 0. The van der Waals surface area contributed by atoms with Gasteiger partial charge in [0, 0.05) is 0 Å². The molecule has 0 amide bonds. The molecular formula is C48H32. The third-order valence-electron chi connectivity index (χ3n) is 9.69. The maximum absolute atomic E-state index is 2.39. The van der Waals surface area contributed by atoms with Crippen molar-refractivity contribution in [3.8, 4) is 55.6 Å². The van der Waals surface area contributed by atoms with E-state index in [2.05, 4.69) is 194 Å². The first-order chi connectivity index (χ1) is 23.8. The molecule has 0 radical (unpaired) electrons. The lowest BCUT2D eigenvalue weighted by Crippen LogP contribution is -1.90. The smallest absolute Gasteiger partial charge is 0.00199 e. The van der Waals surface area contributed by atoms with E-state index < -0.39 is 0 Å². The van der Waals surface area contributed by atoms with Gasteiger partial charge in [0.25, 0.3) is 0 Å². The number of benzene rings is 9. The van der Waals surface area contributed by atoms with Crippen molar-refractivity contribution in [3.63, 3.8) is 0 Å². The van der Waals surface area contributed by atoms with Gasteiger partial charge in [0.1, 0.15) is 0 Å². The maximum Gasteiger partial charge on any atom is -0.00199 e. The van der Waals surface area contributed by atoms with E-state index in [1.807, 2.05) is 0 Å². The molecule has 0 aliphatic rings. The van der Waals surface area contributed by atoms with E-state index in [9.17, 15) is 0 Å². The average Bonchev–Trinajstić information content (AvgIpc) is 3.18. The van der Waals surface area contributed by atoms with E-state index in [0.717, 1.165) is 0 Å². The molecule has 0 fully saturated rings. The van der Waals surface area contributed by atoms with Crippen LogP contribution in [-0.2, 0) is 0 Å². The summed E-state index contributed by atoms with van der Waals surface area (Å²) >= 11 is 0. The van der Waals surface area contributed by atoms with Crippen molar-refractivity contribution < 1.29 is 0 Å². The van der Waals surface area contributed by atoms with Gasteiger partial charge < -0.3 is 0 Å². The first kappa shape index (κ1) is 28.0.